The van der Waals surface area contributed by atoms with Gasteiger partial charge in [0.2, 0.25) is 0 Å². The van der Waals surface area contributed by atoms with Crippen molar-refractivity contribution >= 4 is 27.5 Å². The highest BCUT2D eigenvalue weighted by Crippen LogP contribution is 2.29. The number of benzene rings is 2. The number of nitrogens with one attached hydrogen (secondary N) is 1. The van der Waals surface area contributed by atoms with Gasteiger partial charge >= 0.3 is 0 Å². The molecule has 3 nitrogen and oxygen atoms in total. The summed E-state index contributed by atoms with van der Waals surface area (Å²) in [5, 5.41) is 2.74. The van der Waals surface area contributed by atoms with E-state index < -0.39 is 11.7 Å². The third kappa shape index (κ3) is 3.61. The van der Waals surface area contributed by atoms with Crippen molar-refractivity contribution in [3.63, 3.8) is 0 Å². The Kier molecular flexibility index (Phi) is 4.96. The van der Waals surface area contributed by atoms with Crippen LogP contribution in [0.3, 0.4) is 0 Å². The van der Waals surface area contributed by atoms with E-state index in [1.54, 1.807) is 12.1 Å². The Morgan fingerprint density at radius 2 is 2.00 bits per heavy atom. The van der Waals surface area contributed by atoms with Crippen LogP contribution in [-0.4, -0.2) is 13.0 Å². The summed E-state index contributed by atoms with van der Waals surface area (Å²) < 4.78 is 18.8. The third-order valence-corrected chi connectivity index (χ3v) is 3.55. The maximum atomic E-state index is 13.9. The first-order valence-corrected chi connectivity index (χ1v) is 7.32. The molecule has 1 unspecified atom stereocenters. The SMILES string of the molecule is COc1ccc(C(=O)Nc2ccccc2C(C)Br)c(F)c1. The molecule has 0 saturated carbocycles. The maximum Gasteiger partial charge on any atom is 0.258 e. The molecule has 1 N–H and O–H groups in total. The number of rotatable bonds is 4. The number of carbonyl (C=O) groups is 1. The van der Waals surface area contributed by atoms with Crippen LogP contribution in [0.2, 0.25) is 0 Å². The number of methoxy groups -OCH3 is 1. The Morgan fingerprint density at radius 1 is 1.29 bits per heavy atom. The molecular formula is C16H15BrFNO2. The smallest absolute Gasteiger partial charge is 0.258 e. The van der Waals surface area contributed by atoms with Crippen LogP contribution in [0.4, 0.5) is 10.1 Å². The van der Waals surface area contributed by atoms with E-state index in [4.69, 9.17) is 4.74 Å². The molecule has 0 radical (unpaired) electrons. The molecule has 0 spiro atoms. The van der Waals surface area contributed by atoms with Gasteiger partial charge in [0.05, 0.1) is 12.7 Å². The van der Waals surface area contributed by atoms with E-state index in [0.29, 0.717) is 11.4 Å². The van der Waals surface area contributed by atoms with Gasteiger partial charge in [-0.2, -0.15) is 0 Å². The number of anilines is 1. The number of amides is 1. The van der Waals surface area contributed by atoms with Gasteiger partial charge in [-0.25, -0.2) is 4.39 Å². The fourth-order valence-corrected chi connectivity index (χ4v) is 2.35. The lowest BCUT2D eigenvalue weighted by Gasteiger charge is -2.13. The summed E-state index contributed by atoms with van der Waals surface area (Å²) >= 11 is 3.47. The maximum absolute atomic E-state index is 13.9. The van der Waals surface area contributed by atoms with Crippen molar-refractivity contribution in [2.75, 3.05) is 12.4 Å². The second-order valence-corrected chi connectivity index (χ2v) is 5.88. The summed E-state index contributed by atoms with van der Waals surface area (Å²) in [6.45, 7) is 1.96. The molecular weight excluding hydrogens is 337 g/mol. The molecule has 2 aromatic carbocycles. The number of halogens is 2. The number of carbonyl (C=O) groups excluding carboxylic acids is 1. The summed E-state index contributed by atoms with van der Waals surface area (Å²) in [5.74, 6) is -0.731. The van der Waals surface area contributed by atoms with Gasteiger partial charge in [0, 0.05) is 16.6 Å². The quantitative estimate of drug-likeness (QED) is 0.821. The van der Waals surface area contributed by atoms with E-state index in [9.17, 15) is 9.18 Å². The van der Waals surface area contributed by atoms with E-state index in [1.165, 1.54) is 19.2 Å². The van der Waals surface area contributed by atoms with E-state index in [0.717, 1.165) is 5.56 Å². The van der Waals surface area contributed by atoms with Gasteiger partial charge in [0.1, 0.15) is 11.6 Å². The highest BCUT2D eigenvalue weighted by molar-refractivity contribution is 9.09. The first-order valence-electron chi connectivity index (χ1n) is 6.41. The molecule has 0 bridgehead atoms. The van der Waals surface area contributed by atoms with Crippen LogP contribution in [0.25, 0.3) is 0 Å². The molecule has 5 heteroatoms. The summed E-state index contributed by atoms with van der Waals surface area (Å²) in [6.07, 6.45) is 0. The zero-order valence-corrected chi connectivity index (χ0v) is 13.3. The van der Waals surface area contributed by atoms with Gasteiger partial charge in [-0.3, -0.25) is 4.79 Å². The Labute approximate surface area is 131 Å². The molecule has 0 aromatic heterocycles. The van der Waals surface area contributed by atoms with Crippen molar-refractivity contribution in [2.24, 2.45) is 0 Å². The molecule has 0 aliphatic rings. The molecule has 2 aromatic rings. The molecule has 0 aliphatic heterocycles. The van der Waals surface area contributed by atoms with Crippen LogP contribution in [0, 0.1) is 5.82 Å². The molecule has 110 valence electrons. The standard InChI is InChI=1S/C16H15BrFNO2/c1-10(17)12-5-3-4-6-15(12)19-16(20)13-8-7-11(21-2)9-14(13)18/h3-10H,1-2H3,(H,19,20). The lowest BCUT2D eigenvalue weighted by Crippen LogP contribution is -2.15. The van der Waals surface area contributed by atoms with Gasteiger partial charge in [0.15, 0.2) is 0 Å². The molecule has 0 saturated heterocycles. The molecule has 21 heavy (non-hydrogen) atoms. The molecule has 0 heterocycles. The van der Waals surface area contributed by atoms with Crippen molar-refractivity contribution in [3.8, 4) is 5.75 Å². The number of hydrogen-bond acceptors (Lipinski definition) is 2. The van der Waals surface area contributed by atoms with Gasteiger partial charge in [-0.1, -0.05) is 34.1 Å². The first kappa shape index (κ1) is 15.5. The van der Waals surface area contributed by atoms with Crippen molar-refractivity contribution in [1.82, 2.24) is 0 Å². The number of ether oxygens (including phenoxy) is 1. The van der Waals surface area contributed by atoms with Gasteiger partial charge < -0.3 is 10.1 Å². The largest absolute Gasteiger partial charge is 0.497 e. The predicted molar refractivity (Wildman–Crippen MR) is 84.7 cm³/mol. The second-order valence-electron chi connectivity index (χ2n) is 4.50. The van der Waals surface area contributed by atoms with Crippen molar-refractivity contribution in [2.45, 2.75) is 11.8 Å². The molecule has 1 atom stereocenters. The zero-order chi connectivity index (χ0) is 15.4. The molecule has 1 amide bonds. The van der Waals surface area contributed by atoms with Crippen LogP contribution in [-0.2, 0) is 0 Å². The fourth-order valence-electron chi connectivity index (χ4n) is 1.95. The Morgan fingerprint density at radius 3 is 2.62 bits per heavy atom. The minimum Gasteiger partial charge on any atom is -0.497 e. The fraction of sp³-hybridized carbons (Fsp3) is 0.188. The monoisotopic (exact) mass is 351 g/mol. The lowest BCUT2D eigenvalue weighted by molar-refractivity contribution is 0.102. The van der Waals surface area contributed by atoms with E-state index in [-0.39, 0.29) is 10.4 Å². The molecule has 0 fully saturated rings. The lowest BCUT2D eigenvalue weighted by atomic mass is 10.1. The number of para-hydroxylation sites is 1. The van der Waals surface area contributed by atoms with Crippen molar-refractivity contribution in [1.29, 1.82) is 0 Å². The van der Waals surface area contributed by atoms with Crippen molar-refractivity contribution < 1.29 is 13.9 Å². The average molecular weight is 352 g/mol. The van der Waals surface area contributed by atoms with Gasteiger partial charge in [-0.05, 0) is 30.7 Å². The number of hydrogen-bond donors (Lipinski definition) is 1. The van der Waals surface area contributed by atoms with E-state index >= 15 is 0 Å². The summed E-state index contributed by atoms with van der Waals surface area (Å²) in [7, 11) is 1.45. The van der Waals surface area contributed by atoms with Crippen LogP contribution in [0.15, 0.2) is 42.5 Å². The average Bonchev–Trinajstić information content (AvgIpc) is 2.47. The van der Waals surface area contributed by atoms with Crippen LogP contribution >= 0.6 is 15.9 Å². The van der Waals surface area contributed by atoms with E-state index in [1.807, 2.05) is 25.1 Å². The Bertz CT molecular complexity index is 658. The van der Waals surface area contributed by atoms with Crippen LogP contribution in [0.1, 0.15) is 27.7 Å². The first-order chi connectivity index (χ1) is 10.0. The number of alkyl halides is 1. The van der Waals surface area contributed by atoms with Crippen LogP contribution in [0.5, 0.6) is 5.75 Å². The minimum atomic E-state index is -0.615. The minimum absolute atomic E-state index is 0.0205. The predicted octanol–water partition coefficient (Wildman–Crippen LogP) is 4.54. The zero-order valence-electron chi connectivity index (χ0n) is 11.7. The Balaban J connectivity index is 2.26. The summed E-state index contributed by atoms with van der Waals surface area (Å²) in [5.41, 5.74) is 1.56. The molecule has 0 aliphatic carbocycles. The summed E-state index contributed by atoms with van der Waals surface area (Å²) in [6, 6.07) is 11.5. The van der Waals surface area contributed by atoms with Crippen molar-refractivity contribution in [3.05, 3.63) is 59.4 Å². The van der Waals surface area contributed by atoms with Gasteiger partial charge in [0.25, 0.3) is 5.91 Å². The van der Waals surface area contributed by atoms with E-state index in [2.05, 4.69) is 21.2 Å². The van der Waals surface area contributed by atoms with Crippen LogP contribution < -0.4 is 10.1 Å². The highest BCUT2D eigenvalue weighted by atomic mass is 79.9. The van der Waals surface area contributed by atoms with Gasteiger partial charge in [-0.15, -0.1) is 0 Å². The summed E-state index contributed by atoms with van der Waals surface area (Å²) in [4.78, 5) is 12.3. The molecule has 2 rings (SSSR count). The normalized spacial score (nSPS) is 11.8. The second kappa shape index (κ2) is 6.72. The highest BCUT2D eigenvalue weighted by Gasteiger charge is 2.15. The Hall–Kier alpha value is -1.88. The topological polar surface area (TPSA) is 38.3 Å². The third-order valence-electron chi connectivity index (χ3n) is 3.06.